The van der Waals surface area contributed by atoms with Crippen LogP contribution in [-0.4, -0.2) is 4.98 Å². The third-order valence-corrected chi connectivity index (χ3v) is 5.50. The third kappa shape index (κ3) is 3.77. The number of allylic oxidation sites excluding steroid dienone is 1. The predicted molar refractivity (Wildman–Crippen MR) is 107 cm³/mol. The molecule has 0 saturated carbocycles. The summed E-state index contributed by atoms with van der Waals surface area (Å²) >= 11 is 13.7. The van der Waals surface area contributed by atoms with Crippen molar-refractivity contribution in [3.05, 3.63) is 73.5 Å². The Bertz CT molecular complexity index is 1010. The Balaban J connectivity index is 2.01. The molecule has 1 heterocycles. The van der Waals surface area contributed by atoms with Gasteiger partial charge in [-0.3, -0.25) is 0 Å². The number of hydrogen-bond acceptors (Lipinski definition) is 3. The summed E-state index contributed by atoms with van der Waals surface area (Å²) < 4.78 is 0. The van der Waals surface area contributed by atoms with Gasteiger partial charge in [-0.05, 0) is 37.1 Å². The number of nitrogens with zero attached hydrogens (tertiary/aromatic N) is 2. The molecule has 5 heteroatoms. The maximum absolute atomic E-state index is 9.54. The van der Waals surface area contributed by atoms with Crippen molar-refractivity contribution >= 4 is 46.2 Å². The van der Waals surface area contributed by atoms with Crippen molar-refractivity contribution in [2.45, 2.75) is 13.8 Å². The Morgan fingerprint density at radius 1 is 1.20 bits per heavy atom. The van der Waals surface area contributed by atoms with E-state index in [2.05, 4.69) is 43.1 Å². The van der Waals surface area contributed by atoms with Gasteiger partial charge in [0, 0.05) is 10.9 Å². The predicted octanol–water partition coefficient (Wildman–Crippen LogP) is 6.80. The van der Waals surface area contributed by atoms with Crippen LogP contribution in [0.25, 0.3) is 22.9 Å². The average molecular weight is 385 g/mol. The summed E-state index contributed by atoms with van der Waals surface area (Å²) in [4.78, 5) is 4.64. The Hall–Kier alpha value is -2.12. The van der Waals surface area contributed by atoms with Crippen LogP contribution in [0.4, 0.5) is 0 Å². The van der Waals surface area contributed by atoms with E-state index in [1.165, 1.54) is 16.9 Å². The smallest absolute Gasteiger partial charge is 0.134 e. The molecule has 0 radical (unpaired) electrons. The highest BCUT2D eigenvalue weighted by molar-refractivity contribution is 7.11. The van der Waals surface area contributed by atoms with Crippen molar-refractivity contribution in [1.82, 2.24) is 4.98 Å². The lowest BCUT2D eigenvalue weighted by molar-refractivity contribution is 1.32. The van der Waals surface area contributed by atoms with E-state index in [9.17, 15) is 5.26 Å². The molecule has 0 fully saturated rings. The van der Waals surface area contributed by atoms with Crippen LogP contribution in [0, 0.1) is 25.2 Å². The Morgan fingerprint density at radius 3 is 2.72 bits per heavy atom. The molecule has 0 aliphatic rings. The van der Waals surface area contributed by atoms with Gasteiger partial charge in [0.1, 0.15) is 11.1 Å². The number of aromatic nitrogens is 1. The zero-order valence-corrected chi connectivity index (χ0v) is 16.0. The average Bonchev–Trinajstić information content (AvgIpc) is 3.05. The van der Waals surface area contributed by atoms with Crippen molar-refractivity contribution < 1.29 is 0 Å². The zero-order valence-electron chi connectivity index (χ0n) is 13.7. The highest BCUT2D eigenvalue weighted by atomic mass is 35.5. The normalized spacial score (nSPS) is 11.4. The molecule has 0 amide bonds. The van der Waals surface area contributed by atoms with Crippen molar-refractivity contribution in [3.8, 4) is 17.3 Å². The second-order valence-electron chi connectivity index (χ2n) is 5.67. The van der Waals surface area contributed by atoms with Gasteiger partial charge in [-0.15, -0.1) is 11.3 Å². The number of halogens is 2. The Morgan fingerprint density at radius 2 is 2.00 bits per heavy atom. The zero-order chi connectivity index (χ0) is 18.0. The summed E-state index contributed by atoms with van der Waals surface area (Å²) in [7, 11) is 0. The van der Waals surface area contributed by atoms with E-state index in [1.54, 1.807) is 18.2 Å². The fourth-order valence-electron chi connectivity index (χ4n) is 2.55. The molecule has 2 aromatic carbocycles. The van der Waals surface area contributed by atoms with Crippen LogP contribution in [0.3, 0.4) is 0 Å². The minimum absolute atomic E-state index is 0.433. The second kappa shape index (κ2) is 7.41. The standard InChI is InChI=1S/C20H14Cl2N2S/c1-12-6-7-16(13(2)8-12)18-11-25-20(24-18)15(10-23)9-14-4-3-5-17(21)19(14)22/h3-9,11H,1-2H3. The Kier molecular flexibility index (Phi) is 5.24. The van der Waals surface area contributed by atoms with E-state index in [0.717, 1.165) is 16.8 Å². The lowest BCUT2D eigenvalue weighted by atomic mass is 10.0. The molecule has 0 atom stereocenters. The van der Waals surface area contributed by atoms with Crippen LogP contribution in [0.1, 0.15) is 21.7 Å². The molecule has 0 bridgehead atoms. The topological polar surface area (TPSA) is 36.7 Å². The summed E-state index contributed by atoms with van der Waals surface area (Å²) in [5.41, 5.74) is 5.49. The number of hydrogen-bond donors (Lipinski definition) is 0. The van der Waals surface area contributed by atoms with E-state index >= 15 is 0 Å². The lowest BCUT2D eigenvalue weighted by Crippen LogP contribution is -1.87. The van der Waals surface area contributed by atoms with E-state index in [-0.39, 0.29) is 0 Å². The van der Waals surface area contributed by atoms with Gasteiger partial charge in [0.05, 0.1) is 21.3 Å². The van der Waals surface area contributed by atoms with Crippen LogP contribution in [0.15, 0.2) is 41.8 Å². The molecule has 1 aromatic heterocycles. The van der Waals surface area contributed by atoms with Crippen molar-refractivity contribution in [3.63, 3.8) is 0 Å². The van der Waals surface area contributed by atoms with Crippen LogP contribution < -0.4 is 0 Å². The second-order valence-corrected chi connectivity index (χ2v) is 7.31. The molecule has 3 aromatic rings. The molecule has 124 valence electrons. The molecule has 0 spiro atoms. The first-order valence-electron chi connectivity index (χ1n) is 7.59. The SMILES string of the molecule is Cc1ccc(-c2csc(C(C#N)=Cc3cccc(Cl)c3Cl)n2)c(C)c1. The van der Waals surface area contributed by atoms with Crippen LogP contribution in [-0.2, 0) is 0 Å². The number of nitriles is 1. The molecule has 2 nitrogen and oxygen atoms in total. The maximum Gasteiger partial charge on any atom is 0.134 e. The molecule has 0 aliphatic carbocycles. The molecule has 0 N–H and O–H groups in total. The van der Waals surface area contributed by atoms with Gasteiger partial charge in [-0.2, -0.15) is 5.26 Å². The maximum atomic E-state index is 9.54. The number of benzene rings is 2. The quantitative estimate of drug-likeness (QED) is 0.465. The highest BCUT2D eigenvalue weighted by Gasteiger charge is 2.12. The van der Waals surface area contributed by atoms with Gasteiger partial charge < -0.3 is 0 Å². The first-order chi connectivity index (χ1) is 12.0. The van der Waals surface area contributed by atoms with Crippen LogP contribution >= 0.6 is 34.5 Å². The third-order valence-electron chi connectivity index (χ3n) is 3.79. The van der Waals surface area contributed by atoms with Gasteiger partial charge in [0.2, 0.25) is 0 Å². The molecule has 0 unspecified atom stereocenters. The molecular weight excluding hydrogens is 371 g/mol. The molecule has 0 aliphatic heterocycles. The van der Waals surface area contributed by atoms with E-state index < -0.39 is 0 Å². The summed E-state index contributed by atoms with van der Waals surface area (Å²) in [6.07, 6.45) is 1.72. The summed E-state index contributed by atoms with van der Waals surface area (Å²) in [6, 6.07) is 13.8. The van der Waals surface area contributed by atoms with Crippen molar-refractivity contribution in [1.29, 1.82) is 5.26 Å². The van der Waals surface area contributed by atoms with Gasteiger partial charge in [0.15, 0.2) is 0 Å². The summed E-state index contributed by atoms with van der Waals surface area (Å²) in [5, 5.41) is 13.1. The summed E-state index contributed by atoms with van der Waals surface area (Å²) in [6.45, 7) is 4.13. The number of rotatable bonds is 3. The van der Waals surface area contributed by atoms with Crippen molar-refractivity contribution in [2.24, 2.45) is 0 Å². The Labute approximate surface area is 161 Å². The van der Waals surface area contributed by atoms with Gasteiger partial charge in [0.25, 0.3) is 0 Å². The first kappa shape index (κ1) is 17.7. The minimum atomic E-state index is 0.433. The van der Waals surface area contributed by atoms with E-state index in [1.807, 2.05) is 11.4 Å². The molecule has 0 saturated heterocycles. The van der Waals surface area contributed by atoms with E-state index in [0.29, 0.717) is 26.2 Å². The van der Waals surface area contributed by atoms with Gasteiger partial charge in [-0.25, -0.2) is 4.98 Å². The molecule has 3 rings (SSSR count). The van der Waals surface area contributed by atoms with Crippen LogP contribution in [0.5, 0.6) is 0 Å². The summed E-state index contributed by atoms with van der Waals surface area (Å²) in [5.74, 6) is 0. The highest BCUT2D eigenvalue weighted by Crippen LogP contribution is 2.32. The largest absolute Gasteiger partial charge is 0.235 e. The van der Waals surface area contributed by atoms with Crippen LogP contribution in [0.2, 0.25) is 10.0 Å². The van der Waals surface area contributed by atoms with E-state index in [4.69, 9.17) is 23.2 Å². The molecular formula is C20H14Cl2N2S. The lowest BCUT2D eigenvalue weighted by Gasteiger charge is -2.03. The number of aryl methyl sites for hydroxylation is 2. The number of thiazole rings is 1. The fraction of sp³-hybridized carbons (Fsp3) is 0.100. The minimum Gasteiger partial charge on any atom is -0.235 e. The first-order valence-corrected chi connectivity index (χ1v) is 9.22. The fourth-order valence-corrected chi connectivity index (χ4v) is 3.70. The van der Waals surface area contributed by atoms with Crippen molar-refractivity contribution in [2.75, 3.05) is 0 Å². The molecule has 25 heavy (non-hydrogen) atoms. The van der Waals surface area contributed by atoms with Gasteiger partial charge in [-0.1, -0.05) is 59.1 Å². The van der Waals surface area contributed by atoms with Gasteiger partial charge >= 0.3 is 0 Å². The monoisotopic (exact) mass is 384 g/mol.